The van der Waals surface area contributed by atoms with Crippen LogP contribution >= 0.6 is 0 Å². The number of hydrogen-bond acceptors (Lipinski definition) is 2. The maximum Gasteiger partial charge on any atom is 0.122 e. The molecule has 0 radical (unpaired) electrons. The average Bonchev–Trinajstić information content (AvgIpc) is 3.12. The Morgan fingerprint density at radius 1 is 1.41 bits per heavy atom. The summed E-state index contributed by atoms with van der Waals surface area (Å²) >= 11 is 0. The molecule has 1 saturated carbocycles. The maximum atomic E-state index is 10.4. The van der Waals surface area contributed by atoms with Gasteiger partial charge >= 0.3 is 0 Å². The summed E-state index contributed by atoms with van der Waals surface area (Å²) in [5.41, 5.74) is 1.88. The lowest BCUT2D eigenvalue weighted by molar-refractivity contribution is 0.0372. The highest BCUT2D eigenvalue weighted by Crippen LogP contribution is 2.41. The van der Waals surface area contributed by atoms with E-state index in [-0.39, 0.29) is 0 Å². The SMILES string of the molecule is CCc1cc(CC(C)(O)C2CC2)ccc1OC. The molecule has 0 heterocycles. The van der Waals surface area contributed by atoms with Crippen molar-refractivity contribution in [3.63, 3.8) is 0 Å². The van der Waals surface area contributed by atoms with Crippen molar-refractivity contribution >= 4 is 0 Å². The fraction of sp³-hybridized carbons (Fsp3) is 0.600. The fourth-order valence-corrected chi connectivity index (χ4v) is 2.48. The van der Waals surface area contributed by atoms with Crippen molar-refractivity contribution in [3.8, 4) is 5.75 Å². The maximum absolute atomic E-state index is 10.4. The zero-order chi connectivity index (χ0) is 12.5. The van der Waals surface area contributed by atoms with E-state index in [2.05, 4.69) is 19.1 Å². The standard InChI is InChI=1S/C15H22O2/c1-4-12-9-11(5-8-14(12)17-3)10-15(2,16)13-6-7-13/h5,8-9,13,16H,4,6-7,10H2,1-3H3. The first-order chi connectivity index (χ1) is 8.06. The molecule has 17 heavy (non-hydrogen) atoms. The third-order valence-corrected chi connectivity index (χ3v) is 3.74. The summed E-state index contributed by atoms with van der Waals surface area (Å²) in [4.78, 5) is 0. The average molecular weight is 234 g/mol. The van der Waals surface area contributed by atoms with Crippen molar-refractivity contribution in [2.24, 2.45) is 5.92 Å². The largest absolute Gasteiger partial charge is 0.496 e. The first-order valence-electron chi connectivity index (χ1n) is 6.45. The van der Waals surface area contributed by atoms with Crippen LogP contribution in [0.3, 0.4) is 0 Å². The summed E-state index contributed by atoms with van der Waals surface area (Å²) in [7, 11) is 1.70. The van der Waals surface area contributed by atoms with E-state index in [0.717, 1.165) is 18.6 Å². The smallest absolute Gasteiger partial charge is 0.122 e. The molecule has 0 aliphatic heterocycles. The van der Waals surface area contributed by atoms with Gasteiger partial charge in [-0.05, 0) is 49.3 Å². The number of hydrogen-bond donors (Lipinski definition) is 1. The van der Waals surface area contributed by atoms with E-state index < -0.39 is 5.60 Å². The highest BCUT2D eigenvalue weighted by molar-refractivity contribution is 5.37. The molecule has 1 aliphatic carbocycles. The Morgan fingerprint density at radius 2 is 2.12 bits per heavy atom. The van der Waals surface area contributed by atoms with Gasteiger partial charge in [0.15, 0.2) is 0 Å². The summed E-state index contributed by atoms with van der Waals surface area (Å²) in [6, 6.07) is 6.24. The van der Waals surface area contributed by atoms with Crippen LogP contribution in [0.2, 0.25) is 0 Å². The molecule has 1 unspecified atom stereocenters. The lowest BCUT2D eigenvalue weighted by atomic mass is 9.91. The summed E-state index contributed by atoms with van der Waals surface area (Å²) in [5, 5.41) is 10.4. The minimum atomic E-state index is -0.542. The minimum absolute atomic E-state index is 0.495. The zero-order valence-corrected chi connectivity index (χ0v) is 11.0. The Balaban J connectivity index is 2.16. The number of methoxy groups -OCH3 is 1. The van der Waals surface area contributed by atoms with E-state index in [0.29, 0.717) is 5.92 Å². The Kier molecular flexibility index (Phi) is 3.43. The molecule has 1 N–H and O–H groups in total. The van der Waals surface area contributed by atoms with Gasteiger partial charge in [-0.1, -0.05) is 19.1 Å². The molecule has 94 valence electrons. The van der Waals surface area contributed by atoms with Crippen LogP contribution in [-0.2, 0) is 12.8 Å². The van der Waals surface area contributed by atoms with Crippen LogP contribution in [0.4, 0.5) is 0 Å². The summed E-state index contributed by atoms with van der Waals surface area (Å²) < 4.78 is 5.32. The number of aryl methyl sites for hydroxylation is 1. The van der Waals surface area contributed by atoms with Gasteiger partial charge in [0, 0.05) is 6.42 Å². The molecule has 1 aromatic rings. The van der Waals surface area contributed by atoms with E-state index >= 15 is 0 Å². The Bertz CT molecular complexity index is 392. The van der Waals surface area contributed by atoms with Crippen LogP contribution in [0.5, 0.6) is 5.75 Å². The molecule has 2 rings (SSSR count). The highest BCUT2D eigenvalue weighted by Gasteiger charge is 2.39. The van der Waals surface area contributed by atoms with Crippen LogP contribution in [0, 0.1) is 5.92 Å². The highest BCUT2D eigenvalue weighted by atomic mass is 16.5. The van der Waals surface area contributed by atoms with Gasteiger partial charge in [-0.25, -0.2) is 0 Å². The number of aliphatic hydroxyl groups is 1. The third kappa shape index (κ3) is 2.81. The van der Waals surface area contributed by atoms with Crippen LogP contribution in [0.25, 0.3) is 0 Å². The van der Waals surface area contributed by atoms with Gasteiger partial charge in [0.1, 0.15) is 5.75 Å². The summed E-state index contributed by atoms with van der Waals surface area (Å²) in [6.07, 6.45) is 4.05. The fourth-order valence-electron chi connectivity index (χ4n) is 2.48. The Morgan fingerprint density at radius 3 is 2.65 bits per heavy atom. The molecule has 0 spiro atoms. The molecule has 2 nitrogen and oxygen atoms in total. The quantitative estimate of drug-likeness (QED) is 0.848. The molecule has 0 saturated heterocycles. The molecule has 2 heteroatoms. The van der Waals surface area contributed by atoms with Crippen molar-refractivity contribution < 1.29 is 9.84 Å². The summed E-state index contributed by atoms with van der Waals surface area (Å²) in [6.45, 7) is 4.08. The van der Waals surface area contributed by atoms with E-state index in [4.69, 9.17) is 4.74 Å². The molecule has 0 aromatic heterocycles. The zero-order valence-electron chi connectivity index (χ0n) is 11.0. The van der Waals surface area contributed by atoms with Crippen LogP contribution in [0.1, 0.15) is 37.8 Å². The number of ether oxygens (including phenoxy) is 1. The predicted octanol–water partition coefficient (Wildman–Crippen LogP) is 2.96. The van der Waals surface area contributed by atoms with Gasteiger partial charge in [0.05, 0.1) is 12.7 Å². The second kappa shape index (κ2) is 4.69. The minimum Gasteiger partial charge on any atom is -0.496 e. The van der Waals surface area contributed by atoms with E-state index in [1.165, 1.54) is 24.0 Å². The van der Waals surface area contributed by atoms with Crippen LogP contribution in [-0.4, -0.2) is 17.8 Å². The molecule has 1 atom stereocenters. The van der Waals surface area contributed by atoms with Gasteiger partial charge in [-0.15, -0.1) is 0 Å². The van der Waals surface area contributed by atoms with Gasteiger partial charge in [-0.3, -0.25) is 0 Å². The van der Waals surface area contributed by atoms with Crippen LogP contribution < -0.4 is 4.74 Å². The topological polar surface area (TPSA) is 29.5 Å². The first-order valence-corrected chi connectivity index (χ1v) is 6.45. The van der Waals surface area contributed by atoms with E-state index in [9.17, 15) is 5.11 Å². The molecule has 0 bridgehead atoms. The molecular formula is C15H22O2. The number of benzene rings is 1. The summed E-state index contributed by atoms with van der Waals surface area (Å²) in [5.74, 6) is 1.44. The number of rotatable bonds is 5. The molecule has 0 amide bonds. The van der Waals surface area contributed by atoms with Crippen molar-refractivity contribution in [2.45, 2.75) is 45.1 Å². The Hall–Kier alpha value is -1.02. The second-order valence-electron chi connectivity index (χ2n) is 5.31. The van der Waals surface area contributed by atoms with Gasteiger partial charge in [0.2, 0.25) is 0 Å². The van der Waals surface area contributed by atoms with Crippen molar-refractivity contribution in [2.75, 3.05) is 7.11 Å². The predicted molar refractivity (Wildman–Crippen MR) is 69.4 cm³/mol. The van der Waals surface area contributed by atoms with E-state index in [1.54, 1.807) is 7.11 Å². The van der Waals surface area contributed by atoms with Crippen LogP contribution in [0.15, 0.2) is 18.2 Å². The normalized spacial score (nSPS) is 18.8. The van der Waals surface area contributed by atoms with E-state index in [1.807, 2.05) is 13.0 Å². The first kappa shape index (κ1) is 12.4. The van der Waals surface area contributed by atoms with Gasteiger partial charge in [0.25, 0.3) is 0 Å². The second-order valence-corrected chi connectivity index (χ2v) is 5.31. The van der Waals surface area contributed by atoms with Crippen molar-refractivity contribution in [1.82, 2.24) is 0 Å². The molecular weight excluding hydrogens is 212 g/mol. The van der Waals surface area contributed by atoms with Crippen molar-refractivity contribution in [1.29, 1.82) is 0 Å². The molecule has 1 fully saturated rings. The molecule has 1 aromatic carbocycles. The molecule has 1 aliphatic rings. The Labute approximate surface area is 104 Å². The third-order valence-electron chi connectivity index (χ3n) is 3.74. The van der Waals surface area contributed by atoms with Gasteiger partial charge in [-0.2, -0.15) is 0 Å². The van der Waals surface area contributed by atoms with Crippen molar-refractivity contribution in [3.05, 3.63) is 29.3 Å². The monoisotopic (exact) mass is 234 g/mol. The lowest BCUT2D eigenvalue weighted by Gasteiger charge is -2.23. The lowest BCUT2D eigenvalue weighted by Crippen LogP contribution is -2.29. The van der Waals surface area contributed by atoms with Gasteiger partial charge < -0.3 is 9.84 Å².